The SMILES string of the molecule is CCS(=O)(=O)[O-].CCS(=O)(=O)[O-].[Zn+2]. The molecule has 0 bridgehead atoms. The van der Waals surface area contributed by atoms with Crippen LogP contribution in [0.3, 0.4) is 0 Å². The van der Waals surface area contributed by atoms with Gasteiger partial charge in [0.05, 0.1) is 20.2 Å². The topological polar surface area (TPSA) is 114 Å². The van der Waals surface area contributed by atoms with Crippen LogP contribution in [0.4, 0.5) is 0 Å². The maximum absolute atomic E-state index is 9.44. The molecule has 6 nitrogen and oxygen atoms in total. The maximum atomic E-state index is 9.44. The molecule has 0 aromatic carbocycles. The van der Waals surface area contributed by atoms with Gasteiger partial charge >= 0.3 is 19.5 Å². The van der Waals surface area contributed by atoms with Gasteiger partial charge in [0.15, 0.2) is 0 Å². The zero-order chi connectivity index (χ0) is 10.4. The Bertz CT molecular complexity index is 259. The van der Waals surface area contributed by atoms with Crippen LogP contribution in [0.5, 0.6) is 0 Å². The van der Waals surface area contributed by atoms with E-state index in [1.54, 1.807) is 0 Å². The number of hydrogen-bond donors (Lipinski definition) is 0. The van der Waals surface area contributed by atoms with E-state index in [1.165, 1.54) is 13.8 Å². The quantitative estimate of drug-likeness (QED) is 0.479. The second kappa shape index (κ2) is 7.81. The Hall–Kier alpha value is 0.443. The summed E-state index contributed by atoms with van der Waals surface area (Å²) in [4.78, 5) is 0. The van der Waals surface area contributed by atoms with Gasteiger partial charge in [-0.3, -0.25) is 0 Å². The first-order chi connectivity index (χ1) is 5.12. The predicted octanol–water partition coefficient (Wildman–Crippen LogP) is -0.899. The van der Waals surface area contributed by atoms with Crippen molar-refractivity contribution in [2.75, 3.05) is 11.5 Å². The predicted molar refractivity (Wildman–Crippen MR) is 40.5 cm³/mol. The standard InChI is InChI=1S/2C2H6O3S.Zn/c2*1-2-6(3,4)5;/h2*2H2,1H3,(H,3,4,5);/q;;+2/p-2. The van der Waals surface area contributed by atoms with Crippen molar-refractivity contribution in [2.45, 2.75) is 13.8 Å². The van der Waals surface area contributed by atoms with Crippen LogP contribution in [-0.4, -0.2) is 37.4 Å². The molecule has 76 valence electrons. The van der Waals surface area contributed by atoms with Gasteiger partial charge < -0.3 is 9.11 Å². The van der Waals surface area contributed by atoms with Gasteiger partial charge in [-0.1, -0.05) is 13.8 Å². The first-order valence-corrected chi connectivity index (χ1v) is 6.15. The molecule has 9 heteroatoms. The van der Waals surface area contributed by atoms with E-state index in [0.717, 1.165) is 0 Å². The van der Waals surface area contributed by atoms with Crippen molar-refractivity contribution in [3.63, 3.8) is 0 Å². The molecule has 0 aromatic rings. The minimum atomic E-state index is -3.91. The van der Waals surface area contributed by atoms with Crippen molar-refractivity contribution in [3.8, 4) is 0 Å². The Morgan fingerprint density at radius 1 is 0.846 bits per heavy atom. The van der Waals surface area contributed by atoms with E-state index < -0.39 is 20.2 Å². The summed E-state index contributed by atoms with van der Waals surface area (Å²) >= 11 is 0. The van der Waals surface area contributed by atoms with E-state index in [9.17, 15) is 25.9 Å². The average molecular weight is 284 g/mol. The van der Waals surface area contributed by atoms with Crippen molar-refractivity contribution in [3.05, 3.63) is 0 Å². The monoisotopic (exact) mass is 282 g/mol. The molecule has 0 radical (unpaired) electrons. The van der Waals surface area contributed by atoms with Gasteiger partial charge in [-0.2, -0.15) is 0 Å². The molecule has 0 aliphatic rings. The van der Waals surface area contributed by atoms with Crippen molar-refractivity contribution in [1.29, 1.82) is 0 Å². The third kappa shape index (κ3) is 32.7. The van der Waals surface area contributed by atoms with E-state index in [0.29, 0.717) is 0 Å². The van der Waals surface area contributed by atoms with E-state index in [2.05, 4.69) is 0 Å². The Labute approximate surface area is 91.0 Å². The van der Waals surface area contributed by atoms with Crippen LogP contribution < -0.4 is 0 Å². The van der Waals surface area contributed by atoms with Gasteiger partial charge in [-0.05, 0) is 0 Å². The molecule has 0 aliphatic heterocycles. The van der Waals surface area contributed by atoms with Crippen LogP contribution in [0.25, 0.3) is 0 Å². The summed E-state index contributed by atoms with van der Waals surface area (Å²) in [7, 11) is -7.82. The molecule has 0 saturated heterocycles. The average Bonchev–Trinajstić information content (AvgIpc) is 1.86. The van der Waals surface area contributed by atoms with Crippen LogP contribution >= 0.6 is 0 Å². The normalized spacial score (nSPS) is 10.8. The molecule has 0 rings (SSSR count). The summed E-state index contributed by atoms with van der Waals surface area (Å²) < 4.78 is 56.7. The molecule has 0 atom stereocenters. The van der Waals surface area contributed by atoms with E-state index >= 15 is 0 Å². The minimum absolute atomic E-state index is 0. The molecule has 13 heavy (non-hydrogen) atoms. The first-order valence-electron chi connectivity index (χ1n) is 2.99. The first kappa shape index (κ1) is 19.1. The molecule has 0 aliphatic carbocycles. The minimum Gasteiger partial charge on any atom is -0.748 e. The molecule has 0 amide bonds. The third-order valence-corrected chi connectivity index (χ3v) is 2.12. The fourth-order valence-electron chi connectivity index (χ4n) is 0. The Morgan fingerprint density at radius 3 is 0.923 bits per heavy atom. The summed E-state index contributed by atoms with van der Waals surface area (Å²) in [6, 6.07) is 0. The van der Waals surface area contributed by atoms with E-state index in [4.69, 9.17) is 0 Å². The Morgan fingerprint density at radius 2 is 0.923 bits per heavy atom. The fraction of sp³-hybridized carbons (Fsp3) is 1.00. The van der Waals surface area contributed by atoms with Crippen LogP contribution in [0.1, 0.15) is 13.8 Å². The molecule has 0 unspecified atom stereocenters. The van der Waals surface area contributed by atoms with E-state index in [1.807, 2.05) is 0 Å². The number of rotatable bonds is 2. The molecule has 0 aromatic heterocycles. The largest absolute Gasteiger partial charge is 2.00 e. The second-order valence-corrected chi connectivity index (χ2v) is 5.08. The number of hydrogen-bond acceptors (Lipinski definition) is 6. The van der Waals surface area contributed by atoms with Crippen LogP contribution in [0.2, 0.25) is 0 Å². The molecule has 0 heterocycles. The molecule has 0 saturated carbocycles. The van der Waals surface area contributed by atoms with Gasteiger partial charge in [0.2, 0.25) is 0 Å². The van der Waals surface area contributed by atoms with Gasteiger partial charge in [0, 0.05) is 11.5 Å². The smallest absolute Gasteiger partial charge is 0.748 e. The summed E-state index contributed by atoms with van der Waals surface area (Å²) in [6.45, 7) is 2.62. The summed E-state index contributed by atoms with van der Waals surface area (Å²) in [5.41, 5.74) is 0. The van der Waals surface area contributed by atoms with Crippen molar-refractivity contribution < 1.29 is 45.4 Å². The fourth-order valence-corrected chi connectivity index (χ4v) is 0. The van der Waals surface area contributed by atoms with Crippen molar-refractivity contribution in [2.24, 2.45) is 0 Å². The van der Waals surface area contributed by atoms with Gasteiger partial charge in [0.1, 0.15) is 0 Å². The Balaban J connectivity index is -0.000000143. The molecule has 0 fully saturated rings. The zero-order valence-electron chi connectivity index (χ0n) is 7.39. The molecule has 0 spiro atoms. The zero-order valence-corrected chi connectivity index (χ0v) is 12.0. The van der Waals surface area contributed by atoms with Gasteiger partial charge in [-0.25, -0.2) is 16.8 Å². The van der Waals surface area contributed by atoms with Gasteiger partial charge in [0.25, 0.3) is 0 Å². The molecular formula is C4H10O6S2Zn. The van der Waals surface area contributed by atoms with Crippen LogP contribution in [0.15, 0.2) is 0 Å². The third-order valence-electron chi connectivity index (χ3n) is 0.707. The van der Waals surface area contributed by atoms with E-state index in [-0.39, 0.29) is 31.0 Å². The summed E-state index contributed by atoms with van der Waals surface area (Å²) in [6.07, 6.45) is 0. The van der Waals surface area contributed by atoms with Crippen molar-refractivity contribution >= 4 is 20.2 Å². The summed E-state index contributed by atoms with van der Waals surface area (Å²) in [5, 5.41) is 0. The van der Waals surface area contributed by atoms with Crippen LogP contribution in [-0.2, 0) is 39.7 Å². The molecule has 0 N–H and O–H groups in total. The van der Waals surface area contributed by atoms with Gasteiger partial charge in [-0.15, -0.1) is 0 Å². The maximum Gasteiger partial charge on any atom is 2.00 e. The van der Waals surface area contributed by atoms with Crippen LogP contribution in [0, 0.1) is 0 Å². The Kier molecular flexibility index (Phi) is 11.5. The van der Waals surface area contributed by atoms with Crippen molar-refractivity contribution in [1.82, 2.24) is 0 Å². The molecular weight excluding hydrogens is 274 g/mol. The second-order valence-electron chi connectivity index (χ2n) is 1.69. The summed E-state index contributed by atoms with van der Waals surface area (Å²) in [5.74, 6) is -0.625.